The molecule has 9 nitrogen and oxygen atoms in total. The number of rotatable bonds is 6. The molecule has 0 aliphatic heterocycles. The maximum absolute atomic E-state index is 11.6. The van der Waals surface area contributed by atoms with Crippen molar-refractivity contribution < 1.29 is 13.2 Å². The van der Waals surface area contributed by atoms with Crippen molar-refractivity contribution in [1.82, 2.24) is 19.7 Å². The number of ether oxygens (including phenoxy) is 1. The number of azo groups is 1. The Morgan fingerprint density at radius 1 is 1.21 bits per heavy atom. The van der Waals surface area contributed by atoms with Gasteiger partial charge in [-0.25, -0.2) is 23.1 Å². The zero-order chi connectivity index (χ0) is 20.4. The number of fused-ring (bicyclic) bond motifs is 1. The second-order valence-corrected chi connectivity index (χ2v) is 9.50. The fourth-order valence-electron chi connectivity index (χ4n) is 2.66. The van der Waals surface area contributed by atoms with E-state index in [1.807, 2.05) is 24.3 Å². The predicted octanol–water partition coefficient (Wildman–Crippen LogP) is 3.57. The first-order valence-corrected chi connectivity index (χ1v) is 11.2. The molecule has 3 aromatic heterocycles. The second-order valence-electron chi connectivity index (χ2n) is 6.08. The summed E-state index contributed by atoms with van der Waals surface area (Å²) in [6.45, 7) is 0.260. The van der Waals surface area contributed by atoms with Gasteiger partial charge >= 0.3 is 0 Å². The molecule has 0 fully saturated rings. The minimum absolute atomic E-state index is 0.260. The molecule has 148 valence electrons. The summed E-state index contributed by atoms with van der Waals surface area (Å²) in [7, 11) is -1.61. The van der Waals surface area contributed by atoms with E-state index < -0.39 is 9.84 Å². The van der Waals surface area contributed by atoms with E-state index in [-0.39, 0.29) is 6.54 Å². The summed E-state index contributed by atoms with van der Waals surface area (Å²) in [4.78, 5) is 9.29. The molecule has 0 spiro atoms. The number of nitrogens with zero attached hydrogens (tertiary/aromatic N) is 6. The number of benzene rings is 1. The fraction of sp³-hybridized carbons (Fsp3) is 0.167. The van der Waals surface area contributed by atoms with Gasteiger partial charge in [0.2, 0.25) is 0 Å². The van der Waals surface area contributed by atoms with Gasteiger partial charge in [-0.3, -0.25) is 0 Å². The number of thiophene rings is 1. The molecule has 3 heterocycles. The molecule has 0 saturated heterocycles. The quantitative estimate of drug-likeness (QED) is 0.434. The summed E-state index contributed by atoms with van der Waals surface area (Å²) in [5.74, 6) is 1.11. The van der Waals surface area contributed by atoms with E-state index in [2.05, 4.69) is 25.3 Å². The van der Waals surface area contributed by atoms with E-state index in [1.54, 1.807) is 30.1 Å². The average Bonchev–Trinajstić information content (AvgIpc) is 3.35. The van der Waals surface area contributed by atoms with E-state index >= 15 is 0 Å². The van der Waals surface area contributed by atoms with Gasteiger partial charge in [0.15, 0.2) is 21.3 Å². The SMILES string of the molecule is COc1cccc(-n2ncc3c(N=NCc4ccc(S(C)(=O)=O)s4)ncnc32)c1. The van der Waals surface area contributed by atoms with E-state index in [0.717, 1.165) is 10.6 Å². The molecule has 0 radical (unpaired) electrons. The third kappa shape index (κ3) is 4.00. The number of aromatic nitrogens is 4. The Balaban J connectivity index is 1.61. The largest absolute Gasteiger partial charge is 0.497 e. The lowest BCUT2D eigenvalue weighted by atomic mass is 10.3. The van der Waals surface area contributed by atoms with Gasteiger partial charge in [-0.1, -0.05) is 6.07 Å². The minimum Gasteiger partial charge on any atom is -0.497 e. The standard InChI is InChI=1S/C18H16N6O3S2/c1-27-13-5-3-4-12(8-13)24-18-15(10-22-24)17(19-11-20-18)23-21-9-14-6-7-16(28-14)29(2,25)26/h3-8,10-11H,9H2,1-2H3. The van der Waals surface area contributed by atoms with Crippen LogP contribution >= 0.6 is 11.3 Å². The summed E-state index contributed by atoms with van der Waals surface area (Å²) in [5, 5.41) is 13.4. The fourth-order valence-corrected chi connectivity index (χ4v) is 4.55. The maximum atomic E-state index is 11.6. The van der Waals surface area contributed by atoms with Crippen LogP contribution in [0.5, 0.6) is 5.75 Å². The van der Waals surface area contributed by atoms with Gasteiger partial charge in [-0.15, -0.1) is 16.5 Å². The molecule has 0 atom stereocenters. The van der Waals surface area contributed by atoms with Crippen molar-refractivity contribution in [2.75, 3.05) is 13.4 Å². The molecule has 0 bridgehead atoms. The van der Waals surface area contributed by atoms with E-state index in [1.165, 1.54) is 23.9 Å². The molecule has 4 rings (SSSR count). The van der Waals surface area contributed by atoms with Crippen LogP contribution in [0.3, 0.4) is 0 Å². The Bertz CT molecular complexity index is 1310. The number of sulfone groups is 1. The number of hydrogen-bond acceptors (Lipinski definition) is 9. The van der Waals surface area contributed by atoms with Crippen LogP contribution in [0.25, 0.3) is 16.7 Å². The topological polar surface area (TPSA) is 112 Å². The Hall–Kier alpha value is -3.18. The van der Waals surface area contributed by atoms with Crippen molar-refractivity contribution in [3.8, 4) is 11.4 Å². The van der Waals surface area contributed by atoms with Gasteiger partial charge in [0.1, 0.15) is 16.3 Å². The van der Waals surface area contributed by atoms with E-state index in [9.17, 15) is 8.42 Å². The average molecular weight is 428 g/mol. The highest BCUT2D eigenvalue weighted by Crippen LogP contribution is 2.26. The van der Waals surface area contributed by atoms with Crippen LogP contribution in [0.2, 0.25) is 0 Å². The van der Waals surface area contributed by atoms with Crippen LogP contribution in [0.15, 0.2) is 63.4 Å². The maximum Gasteiger partial charge on any atom is 0.188 e. The van der Waals surface area contributed by atoms with Gasteiger partial charge in [0, 0.05) is 17.2 Å². The van der Waals surface area contributed by atoms with E-state index in [4.69, 9.17) is 4.74 Å². The Morgan fingerprint density at radius 2 is 2.07 bits per heavy atom. The van der Waals surface area contributed by atoms with Crippen molar-refractivity contribution in [3.05, 3.63) is 53.8 Å². The van der Waals surface area contributed by atoms with Crippen LogP contribution in [0, 0.1) is 0 Å². The third-order valence-corrected chi connectivity index (χ3v) is 6.93. The van der Waals surface area contributed by atoms with Gasteiger partial charge in [0.05, 0.1) is 30.9 Å². The number of methoxy groups -OCH3 is 1. The van der Waals surface area contributed by atoms with Gasteiger partial charge in [-0.05, 0) is 24.3 Å². The van der Waals surface area contributed by atoms with Crippen molar-refractivity contribution in [1.29, 1.82) is 0 Å². The van der Waals surface area contributed by atoms with Crippen LogP contribution < -0.4 is 4.74 Å². The van der Waals surface area contributed by atoms with Crippen molar-refractivity contribution >= 4 is 38.0 Å². The molecule has 0 aliphatic rings. The molecule has 4 aromatic rings. The smallest absolute Gasteiger partial charge is 0.188 e. The van der Waals surface area contributed by atoms with Crippen LogP contribution in [0.1, 0.15) is 4.88 Å². The Kier molecular flexibility index (Phi) is 5.07. The lowest BCUT2D eigenvalue weighted by molar-refractivity contribution is 0.414. The lowest BCUT2D eigenvalue weighted by Gasteiger charge is -2.05. The van der Waals surface area contributed by atoms with Crippen molar-refractivity contribution in [2.45, 2.75) is 10.8 Å². The van der Waals surface area contributed by atoms with E-state index in [0.29, 0.717) is 26.8 Å². The van der Waals surface area contributed by atoms with Gasteiger partial charge in [-0.2, -0.15) is 10.2 Å². The summed E-state index contributed by atoms with van der Waals surface area (Å²) >= 11 is 1.18. The summed E-state index contributed by atoms with van der Waals surface area (Å²) < 4.78 is 30.4. The highest BCUT2D eigenvalue weighted by atomic mass is 32.2. The molecule has 0 aliphatic carbocycles. The first kappa shape index (κ1) is 19.2. The Labute approximate surface area is 170 Å². The molecule has 0 unspecified atom stereocenters. The highest BCUT2D eigenvalue weighted by Gasteiger charge is 2.12. The molecular formula is C18H16N6O3S2. The van der Waals surface area contributed by atoms with Crippen LogP contribution in [-0.2, 0) is 16.4 Å². The first-order valence-electron chi connectivity index (χ1n) is 8.45. The highest BCUT2D eigenvalue weighted by molar-refractivity contribution is 7.92. The molecule has 29 heavy (non-hydrogen) atoms. The predicted molar refractivity (Wildman–Crippen MR) is 109 cm³/mol. The minimum atomic E-state index is -3.21. The monoisotopic (exact) mass is 428 g/mol. The summed E-state index contributed by atoms with van der Waals surface area (Å²) in [6.07, 6.45) is 4.22. The molecule has 0 amide bonds. The molecular weight excluding hydrogens is 412 g/mol. The van der Waals surface area contributed by atoms with Crippen molar-refractivity contribution in [3.63, 3.8) is 0 Å². The zero-order valence-corrected chi connectivity index (χ0v) is 17.2. The molecule has 1 aromatic carbocycles. The Morgan fingerprint density at radius 3 is 2.83 bits per heavy atom. The number of hydrogen-bond donors (Lipinski definition) is 0. The van der Waals surface area contributed by atoms with Crippen LogP contribution in [-0.4, -0.2) is 41.5 Å². The van der Waals surface area contributed by atoms with Gasteiger partial charge in [0.25, 0.3) is 0 Å². The second kappa shape index (κ2) is 7.68. The lowest BCUT2D eigenvalue weighted by Crippen LogP contribution is -1.98. The molecule has 0 N–H and O–H groups in total. The van der Waals surface area contributed by atoms with Crippen LogP contribution in [0.4, 0.5) is 5.82 Å². The molecule has 0 saturated carbocycles. The molecule has 11 heteroatoms. The summed E-state index contributed by atoms with van der Waals surface area (Å²) in [6, 6.07) is 10.8. The first-order chi connectivity index (χ1) is 14.0. The summed E-state index contributed by atoms with van der Waals surface area (Å²) in [5.41, 5.74) is 1.39. The van der Waals surface area contributed by atoms with Gasteiger partial charge < -0.3 is 4.74 Å². The third-order valence-electron chi connectivity index (χ3n) is 4.04. The normalized spacial score (nSPS) is 12.1. The zero-order valence-electron chi connectivity index (χ0n) is 15.6. The van der Waals surface area contributed by atoms with Crippen molar-refractivity contribution in [2.24, 2.45) is 10.2 Å².